The third-order valence-electron chi connectivity index (χ3n) is 2.62. The lowest BCUT2D eigenvalue weighted by atomic mass is 10.0. The quantitative estimate of drug-likeness (QED) is 0.814. The van der Waals surface area contributed by atoms with Crippen LogP contribution in [0, 0.1) is 0 Å². The zero-order valence-electron chi connectivity index (χ0n) is 8.49. The fourth-order valence-electron chi connectivity index (χ4n) is 1.72. The Morgan fingerprint density at radius 3 is 2.53 bits per heavy atom. The number of benzene rings is 2. The summed E-state index contributed by atoms with van der Waals surface area (Å²) in [6.45, 7) is -0.367. The first-order chi connectivity index (χ1) is 7.31. The number of halogens is 1. The van der Waals surface area contributed by atoms with Crippen molar-refractivity contribution in [2.45, 2.75) is 12.5 Å². The third kappa shape index (κ3) is 2.16. The van der Waals surface area contributed by atoms with Gasteiger partial charge < -0.3 is 5.73 Å². The number of hydrogen-bond donors (Lipinski definition) is 1. The molecule has 0 aromatic heterocycles. The van der Waals surface area contributed by atoms with Gasteiger partial charge in [-0.05, 0) is 28.8 Å². The Morgan fingerprint density at radius 1 is 1.07 bits per heavy atom. The lowest BCUT2D eigenvalue weighted by Crippen LogP contribution is -2.10. The molecule has 2 aromatic carbocycles. The summed E-state index contributed by atoms with van der Waals surface area (Å²) in [5.41, 5.74) is 6.86. The summed E-state index contributed by atoms with van der Waals surface area (Å²) in [6.07, 6.45) is 0.387. The van der Waals surface area contributed by atoms with Crippen LogP contribution in [0.25, 0.3) is 10.8 Å². The van der Waals surface area contributed by atoms with Crippen LogP contribution in [0.1, 0.15) is 18.0 Å². The minimum absolute atomic E-state index is 0.195. The second kappa shape index (κ2) is 4.41. The molecule has 1 atom stereocenters. The van der Waals surface area contributed by atoms with E-state index in [4.69, 9.17) is 5.73 Å². The zero-order chi connectivity index (χ0) is 10.7. The van der Waals surface area contributed by atoms with E-state index in [1.807, 2.05) is 36.4 Å². The maximum absolute atomic E-state index is 12.2. The van der Waals surface area contributed by atoms with Crippen LogP contribution in [0.3, 0.4) is 0 Å². The first-order valence-corrected chi connectivity index (χ1v) is 5.11. The molecule has 2 heteroatoms. The lowest BCUT2D eigenvalue weighted by molar-refractivity contribution is 0.442. The molecule has 15 heavy (non-hydrogen) atoms. The van der Waals surface area contributed by atoms with Crippen molar-refractivity contribution in [1.82, 2.24) is 0 Å². The maximum atomic E-state index is 12.2. The normalized spacial score (nSPS) is 12.9. The highest BCUT2D eigenvalue weighted by atomic mass is 19.1. The van der Waals surface area contributed by atoms with E-state index in [0.29, 0.717) is 6.42 Å². The van der Waals surface area contributed by atoms with Gasteiger partial charge in [-0.25, -0.2) is 0 Å². The predicted octanol–water partition coefficient (Wildman–Crippen LogP) is 3.20. The van der Waals surface area contributed by atoms with E-state index in [0.717, 1.165) is 10.9 Å². The number of nitrogens with two attached hydrogens (primary N) is 1. The van der Waals surface area contributed by atoms with Crippen LogP contribution in [0.2, 0.25) is 0 Å². The van der Waals surface area contributed by atoms with E-state index in [9.17, 15) is 4.39 Å². The molecule has 0 radical (unpaired) electrons. The Morgan fingerprint density at radius 2 is 1.80 bits per heavy atom. The molecule has 0 saturated carbocycles. The molecule has 0 bridgehead atoms. The first-order valence-electron chi connectivity index (χ1n) is 5.11. The Labute approximate surface area is 88.7 Å². The Bertz CT molecular complexity index is 453. The summed E-state index contributed by atoms with van der Waals surface area (Å²) >= 11 is 0. The molecule has 0 aliphatic carbocycles. The van der Waals surface area contributed by atoms with Crippen LogP contribution in [-0.4, -0.2) is 6.67 Å². The van der Waals surface area contributed by atoms with Gasteiger partial charge in [0.1, 0.15) is 0 Å². The molecule has 0 aliphatic rings. The molecule has 2 rings (SSSR count). The van der Waals surface area contributed by atoms with E-state index >= 15 is 0 Å². The average Bonchev–Trinajstić information content (AvgIpc) is 2.29. The Kier molecular flexibility index (Phi) is 2.97. The fraction of sp³-hybridized carbons (Fsp3) is 0.231. The minimum Gasteiger partial charge on any atom is -0.324 e. The van der Waals surface area contributed by atoms with Gasteiger partial charge in [-0.2, -0.15) is 0 Å². The van der Waals surface area contributed by atoms with Crippen molar-refractivity contribution in [3.63, 3.8) is 0 Å². The van der Waals surface area contributed by atoms with Crippen LogP contribution in [0.15, 0.2) is 42.5 Å². The summed E-state index contributed by atoms with van der Waals surface area (Å²) in [5, 5.41) is 2.35. The summed E-state index contributed by atoms with van der Waals surface area (Å²) in [6, 6.07) is 13.9. The van der Waals surface area contributed by atoms with Crippen molar-refractivity contribution in [2.75, 3.05) is 6.67 Å². The topological polar surface area (TPSA) is 26.0 Å². The highest BCUT2D eigenvalue weighted by Gasteiger charge is 2.05. The van der Waals surface area contributed by atoms with Gasteiger partial charge in [0.15, 0.2) is 0 Å². The Hall–Kier alpha value is -1.41. The Balaban J connectivity index is 2.38. The molecule has 2 N–H and O–H groups in total. The molecular formula is C13H14FN. The molecule has 0 fully saturated rings. The van der Waals surface area contributed by atoms with Crippen LogP contribution in [-0.2, 0) is 0 Å². The van der Waals surface area contributed by atoms with Gasteiger partial charge in [0, 0.05) is 6.04 Å². The van der Waals surface area contributed by atoms with Crippen LogP contribution >= 0.6 is 0 Å². The van der Waals surface area contributed by atoms with Gasteiger partial charge in [-0.15, -0.1) is 0 Å². The fourth-order valence-corrected chi connectivity index (χ4v) is 1.72. The van der Waals surface area contributed by atoms with E-state index in [1.165, 1.54) is 5.39 Å². The highest BCUT2D eigenvalue weighted by Crippen LogP contribution is 2.20. The molecule has 0 amide bonds. The van der Waals surface area contributed by atoms with Crippen molar-refractivity contribution in [3.05, 3.63) is 48.0 Å². The summed E-state index contributed by atoms with van der Waals surface area (Å²) in [5.74, 6) is 0. The molecule has 0 unspecified atom stereocenters. The average molecular weight is 203 g/mol. The lowest BCUT2D eigenvalue weighted by Gasteiger charge is -2.10. The van der Waals surface area contributed by atoms with E-state index in [2.05, 4.69) is 6.07 Å². The molecule has 2 aromatic rings. The molecule has 0 spiro atoms. The smallest absolute Gasteiger partial charge is 0.0912 e. The van der Waals surface area contributed by atoms with Crippen LogP contribution in [0.5, 0.6) is 0 Å². The van der Waals surface area contributed by atoms with E-state index in [-0.39, 0.29) is 12.7 Å². The predicted molar refractivity (Wildman–Crippen MR) is 61.5 cm³/mol. The molecule has 0 heterocycles. The second-order valence-electron chi connectivity index (χ2n) is 3.69. The van der Waals surface area contributed by atoms with Crippen molar-refractivity contribution < 1.29 is 4.39 Å². The van der Waals surface area contributed by atoms with Gasteiger partial charge in [0.25, 0.3) is 0 Å². The van der Waals surface area contributed by atoms with Gasteiger partial charge >= 0.3 is 0 Å². The molecule has 0 aliphatic heterocycles. The zero-order valence-corrected chi connectivity index (χ0v) is 8.49. The minimum atomic E-state index is -0.367. The van der Waals surface area contributed by atoms with Gasteiger partial charge in [0.2, 0.25) is 0 Å². The van der Waals surface area contributed by atoms with Crippen LogP contribution in [0.4, 0.5) is 4.39 Å². The van der Waals surface area contributed by atoms with Gasteiger partial charge in [-0.3, -0.25) is 4.39 Å². The van der Waals surface area contributed by atoms with Gasteiger partial charge in [-0.1, -0.05) is 36.4 Å². The molecule has 1 nitrogen and oxygen atoms in total. The highest BCUT2D eigenvalue weighted by molar-refractivity contribution is 5.83. The molecule has 0 saturated heterocycles. The van der Waals surface area contributed by atoms with E-state index in [1.54, 1.807) is 0 Å². The number of hydrogen-bond acceptors (Lipinski definition) is 1. The summed E-state index contributed by atoms with van der Waals surface area (Å²) in [4.78, 5) is 0. The van der Waals surface area contributed by atoms with Crippen molar-refractivity contribution >= 4 is 10.8 Å². The third-order valence-corrected chi connectivity index (χ3v) is 2.62. The largest absolute Gasteiger partial charge is 0.324 e. The summed E-state index contributed by atoms with van der Waals surface area (Å²) < 4.78 is 12.2. The number of fused-ring (bicyclic) bond motifs is 1. The van der Waals surface area contributed by atoms with Gasteiger partial charge in [0.05, 0.1) is 6.67 Å². The number of rotatable bonds is 3. The standard InChI is InChI=1S/C13H14FN/c14-8-7-13(15)12-6-5-10-3-1-2-4-11(10)9-12/h1-6,9,13H,7-8,15H2/t13-/m1/s1. The number of alkyl halides is 1. The monoisotopic (exact) mass is 203 g/mol. The van der Waals surface area contributed by atoms with Crippen molar-refractivity contribution in [3.8, 4) is 0 Å². The SMILES string of the molecule is N[C@H](CCF)c1ccc2ccccc2c1. The molecular weight excluding hydrogens is 189 g/mol. The first kappa shape index (κ1) is 10.1. The van der Waals surface area contributed by atoms with Crippen molar-refractivity contribution in [1.29, 1.82) is 0 Å². The second-order valence-corrected chi connectivity index (χ2v) is 3.69. The maximum Gasteiger partial charge on any atom is 0.0912 e. The van der Waals surface area contributed by atoms with Crippen LogP contribution < -0.4 is 5.73 Å². The molecule has 78 valence electrons. The van der Waals surface area contributed by atoms with Crippen molar-refractivity contribution in [2.24, 2.45) is 5.73 Å². The summed E-state index contributed by atoms with van der Waals surface area (Å²) in [7, 11) is 0. The van der Waals surface area contributed by atoms with E-state index < -0.39 is 0 Å².